The number of carbonyl (C=O) groups is 2. The van der Waals surface area contributed by atoms with E-state index in [1.165, 1.54) is 16.9 Å². The summed E-state index contributed by atoms with van der Waals surface area (Å²) in [7, 11) is 0. The lowest BCUT2D eigenvalue weighted by Gasteiger charge is -2.35. The number of aromatic nitrogens is 2. The predicted molar refractivity (Wildman–Crippen MR) is 83.4 cm³/mol. The average molecular weight is 324 g/mol. The van der Waals surface area contributed by atoms with Gasteiger partial charge >= 0.3 is 12.1 Å². The Morgan fingerprint density at radius 1 is 1.22 bits per heavy atom. The van der Waals surface area contributed by atoms with Crippen LogP contribution in [0.15, 0.2) is 12.3 Å². The summed E-state index contributed by atoms with van der Waals surface area (Å²) in [5.74, 6) is -0.975. The molecule has 0 aliphatic carbocycles. The van der Waals surface area contributed by atoms with Gasteiger partial charge in [-0.05, 0) is 26.8 Å². The fourth-order valence-corrected chi connectivity index (χ4v) is 2.41. The Morgan fingerprint density at radius 3 is 2.43 bits per heavy atom. The molecule has 2 rings (SSSR count). The Bertz CT molecular complexity index is 556. The standard InChI is InChI=1S/C15H24N4O4/c1-15(2,3)23-14(22)18-9-6-17(7-10-18)8-11-19-12(13(20)21)4-5-16-19/h4-5H,6-11H2,1-3H3,(H,20,21). The third-order valence-electron chi connectivity index (χ3n) is 3.59. The summed E-state index contributed by atoms with van der Waals surface area (Å²) in [6, 6.07) is 1.49. The van der Waals surface area contributed by atoms with Crippen LogP contribution in [0, 0.1) is 0 Å². The summed E-state index contributed by atoms with van der Waals surface area (Å²) in [4.78, 5) is 26.9. The van der Waals surface area contributed by atoms with Gasteiger partial charge in [-0.3, -0.25) is 9.58 Å². The van der Waals surface area contributed by atoms with Crippen molar-refractivity contribution in [2.24, 2.45) is 0 Å². The Morgan fingerprint density at radius 2 is 1.87 bits per heavy atom. The molecule has 0 radical (unpaired) electrons. The molecule has 0 atom stereocenters. The van der Waals surface area contributed by atoms with E-state index in [-0.39, 0.29) is 11.8 Å². The third kappa shape index (κ3) is 4.95. The summed E-state index contributed by atoms with van der Waals surface area (Å²) in [6.45, 7) is 9.47. The van der Waals surface area contributed by atoms with Gasteiger partial charge in [0.05, 0.1) is 6.54 Å². The summed E-state index contributed by atoms with van der Waals surface area (Å²) in [5.41, 5.74) is -0.293. The molecule has 0 bridgehead atoms. The van der Waals surface area contributed by atoms with Crippen molar-refractivity contribution in [3.63, 3.8) is 0 Å². The van der Waals surface area contributed by atoms with Crippen LogP contribution in [0.5, 0.6) is 0 Å². The minimum Gasteiger partial charge on any atom is -0.477 e. The number of hydrogen-bond acceptors (Lipinski definition) is 5. The highest BCUT2D eigenvalue weighted by Gasteiger charge is 2.25. The van der Waals surface area contributed by atoms with Gasteiger partial charge < -0.3 is 14.7 Å². The molecule has 0 unspecified atom stereocenters. The van der Waals surface area contributed by atoms with Gasteiger partial charge in [-0.1, -0.05) is 0 Å². The minimum absolute atomic E-state index is 0.192. The fraction of sp³-hybridized carbons (Fsp3) is 0.667. The van der Waals surface area contributed by atoms with Crippen molar-refractivity contribution in [3.8, 4) is 0 Å². The van der Waals surface area contributed by atoms with Crippen molar-refractivity contribution < 1.29 is 19.4 Å². The van der Waals surface area contributed by atoms with E-state index in [4.69, 9.17) is 9.84 Å². The average Bonchev–Trinajstić information content (AvgIpc) is 2.92. The summed E-state index contributed by atoms with van der Waals surface area (Å²) < 4.78 is 6.85. The van der Waals surface area contributed by atoms with Crippen LogP contribution in [-0.4, -0.2) is 75.1 Å². The van der Waals surface area contributed by atoms with Crippen LogP contribution >= 0.6 is 0 Å². The first kappa shape index (κ1) is 17.3. The number of nitrogens with zero attached hydrogens (tertiary/aromatic N) is 4. The first-order valence-electron chi connectivity index (χ1n) is 7.71. The first-order chi connectivity index (χ1) is 10.8. The first-order valence-corrected chi connectivity index (χ1v) is 7.71. The largest absolute Gasteiger partial charge is 0.477 e. The fourth-order valence-electron chi connectivity index (χ4n) is 2.41. The normalized spacial score (nSPS) is 16.4. The third-order valence-corrected chi connectivity index (χ3v) is 3.59. The van der Waals surface area contributed by atoms with Gasteiger partial charge in [0.15, 0.2) is 0 Å². The number of hydrogen-bond donors (Lipinski definition) is 1. The minimum atomic E-state index is -0.975. The molecule has 8 nitrogen and oxygen atoms in total. The molecule has 0 aromatic carbocycles. The molecule has 0 saturated carbocycles. The van der Waals surface area contributed by atoms with Crippen LogP contribution in [0.2, 0.25) is 0 Å². The zero-order valence-electron chi connectivity index (χ0n) is 13.9. The van der Waals surface area contributed by atoms with Gasteiger partial charge in [0, 0.05) is 38.9 Å². The van der Waals surface area contributed by atoms with Gasteiger partial charge in [-0.25, -0.2) is 9.59 Å². The zero-order chi connectivity index (χ0) is 17.0. The highest BCUT2D eigenvalue weighted by atomic mass is 16.6. The van der Waals surface area contributed by atoms with Crippen LogP contribution in [0.4, 0.5) is 4.79 Å². The lowest BCUT2D eigenvalue weighted by atomic mass is 10.2. The van der Waals surface area contributed by atoms with Crippen molar-refractivity contribution in [3.05, 3.63) is 18.0 Å². The Hall–Kier alpha value is -2.09. The predicted octanol–water partition coefficient (Wildman–Crippen LogP) is 1.13. The molecule has 128 valence electrons. The smallest absolute Gasteiger partial charge is 0.410 e. The van der Waals surface area contributed by atoms with Crippen LogP contribution in [0.1, 0.15) is 31.3 Å². The number of aromatic carboxylic acids is 1. The van der Waals surface area contributed by atoms with Crippen LogP contribution in [0.3, 0.4) is 0 Å². The maximum Gasteiger partial charge on any atom is 0.410 e. The number of carboxylic acids is 1. The summed E-state index contributed by atoms with van der Waals surface area (Å²) >= 11 is 0. The number of carbonyl (C=O) groups excluding carboxylic acids is 1. The van der Waals surface area contributed by atoms with Crippen LogP contribution < -0.4 is 0 Å². The Kier molecular flexibility index (Phi) is 5.25. The Balaban J connectivity index is 1.78. The van der Waals surface area contributed by atoms with E-state index in [1.807, 2.05) is 20.8 Å². The molecule has 1 aliphatic rings. The quantitative estimate of drug-likeness (QED) is 0.893. The lowest BCUT2D eigenvalue weighted by molar-refractivity contribution is 0.0141. The molecule has 0 spiro atoms. The Labute approximate surface area is 135 Å². The SMILES string of the molecule is CC(C)(C)OC(=O)N1CCN(CCn2nccc2C(=O)O)CC1. The maximum atomic E-state index is 12.0. The van der Waals surface area contributed by atoms with E-state index in [2.05, 4.69) is 10.00 Å². The lowest BCUT2D eigenvalue weighted by Crippen LogP contribution is -2.50. The molecule has 1 aromatic heterocycles. The molecule has 1 amide bonds. The van der Waals surface area contributed by atoms with E-state index in [1.54, 1.807) is 4.90 Å². The van der Waals surface area contributed by atoms with Crippen molar-refractivity contribution in [1.29, 1.82) is 0 Å². The highest BCUT2D eigenvalue weighted by molar-refractivity contribution is 5.85. The van der Waals surface area contributed by atoms with Crippen LogP contribution in [-0.2, 0) is 11.3 Å². The molecule has 2 heterocycles. The number of piperazine rings is 1. The van der Waals surface area contributed by atoms with Crippen molar-refractivity contribution in [1.82, 2.24) is 19.6 Å². The molecule has 1 fully saturated rings. The molecular weight excluding hydrogens is 300 g/mol. The summed E-state index contributed by atoms with van der Waals surface area (Å²) in [6.07, 6.45) is 1.21. The van der Waals surface area contributed by atoms with Gasteiger partial charge in [0.1, 0.15) is 11.3 Å². The van der Waals surface area contributed by atoms with E-state index < -0.39 is 11.6 Å². The zero-order valence-corrected chi connectivity index (χ0v) is 13.9. The van der Waals surface area contributed by atoms with E-state index in [0.29, 0.717) is 26.2 Å². The summed E-state index contributed by atoms with van der Waals surface area (Å²) in [5, 5.41) is 13.1. The number of rotatable bonds is 4. The molecule has 8 heteroatoms. The van der Waals surface area contributed by atoms with E-state index in [0.717, 1.165) is 13.1 Å². The number of carboxylic acid groups (broad SMARTS) is 1. The highest BCUT2D eigenvalue weighted by Crippen LogP contribution is 2.12. The topological polar surface area (TPSA) is 87.9 Å². The monoisotopic (exact) mass is 324 g/mol. The number of ether oxygens (including phenoxy) is 1. The van der Waals surface area contributed by atoms with Crippen molar-refractivity contribution in [2.75, 3.05) is 32.7 Å². The molecule has 1 aromatic rings. The van der Waals surface area contributed by atoms with Crippen molar-refractivity contribution in [2.45, 2.75) is 32.9 Å². The van der Waals surface area contributed by atoms with E-state index in [9.17, 15) is 9.59 Å². The maximum absolute atomic E-state index is 12.0. The molecule has 1 saturated heterocycles. The molecular formula is C15H24N4O4. The van der Waals surface area contributed by atoms with Gasteiger partial charge in [0.25, 0.3) is 0 Å². The second-order valence-electron chi connectivity index (χ2n) is 6.55. The van der Waals surface area contributed by atoms with Gasteiger partial charge in [-0.15, -0.1) is 0 Å². The molecule has 1 aliphatic heterocycles. The van der Waals surface area contributed by atoms with Crippen molar-refractivity contribution >= 4 is 12.1 Å². The second-order valence-corrected chi connectivity index (χ2v) is 6.55. The second kappa shape index (κ2) is 6.99. The number of amides is 1. The van der Waals surface area contributed by atoms with Gasteiger partial charge in [-0.2, -0.15) is 5.10 Å². The van der Waals surface area contributed by atoms with Crippen LogP contribution in [0.25, 0.3) is 0 Å². The van der Waals surface area contributed by atoms with Gasteiger partial charge in [0.2, 0.25) is 0 Å². The molecule has 1 N–H and O–H groups in total. The molecule has 23 heavy (non-hydrogen) atoms. The van der Waals surface area contributed by atoms with E-state index >= 15 is 0 Å².